The van der Waals surface area contributed by atoms with Gasteiger partial charge in [0, 0.05) is 31.6 Å². The summed E-state index contributed by atoms with van der Waals surface area (Å²) in [5.41, 5.74) is 7.94. The van der Waals surface area contributed by atoms with E-state index >= 15 is 0 Å². The lowest BCUT2D eigenvalue weighted by Gasteiger charge is -2.19. The second-order valence-corrected chi connectivity index (χ2v) is 8.68. The molecule has 0 saturated heterocycles. The van der Waals surface area contributed by atoms with E-state index in [9.17, 15) is 15.0 Å². The van der Waals surface area contributed by atoms with Crippen LogP contribution in [0.25, 0.3) is 11.2 Å². The number of aromatic nitrogens is 6. The molecule has 12 nitrogen and oxygen atoms in total. The minimum Gasteiger partial charge on any atom is -0.388 e. The third-order valence-electron chi connectivity index (χ3n) is 6.03. The molecule has 1 saturated carbocycles. The maximum atomic E-state index is 12.1. The van der Waals surface area contributed by atoms with Crippen LogP contribution in [0, 0.1) is 5.92 Å². The second kappa shape index (κ2) is 9.32. The van der Waals surface area contributed by atoms with Crippen molar-refractivity contribution in [2.24, 2.45) is 5.92 Å². The van der Waals surface area contributed by atoms with Crippen LogP contribution in [0.2, 0.25) is 0 Å². The van der Waals surface area contributed by atoms with Crippen molar-refractivity contribution < 1.29 is 15.0 Å². The van der Waals surface area contributed by atoms with Gasteiger partial charge in [0.1, 0.15) is 17.7 Å². The Morgan fingerprint density at radius 1 is 1.24 bits per heavy atom. The number of aliphatic hydroxyl groups is 2. The highest BCUT2D eigenvalue weighted by Crippen LogP contribution is 2.34. The topological polar surface area (TPSA) is 169 Å². The smallest absolute Gasteiger partial charge is 0.226 e. The summed E-state index contributed by atoms with van der Waals surface area (Å²) >= 11 is 0. The van der Waals surface area contributed by atoms with Crippen LogP contribution in [0.5, 0.6) is 0 Å². The molecule has 1 amide bonds. The lowest BCUT2D eigenvalue weighted by Crippen LogP contribution is -2.44. The number of amides is 1. The van der Waals surface area contributed by atoms with E-state index in [4.69, 9.17) is 5.73 Å². The molecule has 0 bridgehead atoms. The van der Waals surface area contributed by atoms with E-state index in [-0.39, 0.29) is 17.6 Å². The number of hydrogen-bond donors (Lipinski definition) is 5. The molecule has 178 valence electrons. The summed E-state index contributed by atoms with van der Waals surface area (Å²) in [5, 5.41) is 27.2. The van der Waals surface area contributed by atoms with E-state index in [1.54, 1.807) is 24.7 Å². The summed E-state index contributed by atoms with van der Waals surface area (Å²) in [5.74, 6) is 0.159. The highest BCUT2D eigenvalue weighted by Gasteiger charge is 2.44. The molecule has 0 radical (unpaired) electrons. The Morgan fingerprint density at radius 2 is 2.03 bits per heavy atom. The minimum atomic E-state index is -1.10. The first kappa shape index (κ1) is 22.9. The number of aliphatic hydroxyl groups excluding tert-OH is 2. The zero-order valence-corrected chi connectivity index (χ0v) is 19.0. The summed E-state index contributed by atoms with van der Waals surface area (Å²) in [7, 11) is 0. The number of aryl methyl sites for hydroxylation is 1. The fourth-order valence-corrected chi connectivity index (χ4v) is 4.05. The van der Waals surface area contributed by atoms with E-state index in [1.165, 1.54) is 6.33 Å². The number of nitrogens with zero attached hydrogens (tertiary/aromatic N) is 6. The third-order valence-corrected chi connectivity index (χ3v) is 6.03. The molecule has 1 fully saturated rings. The Balaban J connectivity index is 1.51. The van der Waals surface area contributed by atoms with Crippen molar-refractivity contribution in [1.82, 2.24) is 34.4 Å². The monoisotopic (exact) mass is 457 g/mol. The molecule has 4 rings (SSSR count). The number of hydrogen-bond acceptors (Lipinski definition) is 9. The van der Waals surface area contributed by atoms with Crippen molar-refractivity contribution in [1.29, 1.82) is 0 Å². The first-order valence-electron chi connectivity index (χ1n) is 11.2. The van der Waals surface area contributed by atoms with Crippen LogP contribution in [0.3, 0.4) is 0 Å². The van der Waals surface area contributed by atoms with Gasteiger partial charge >= 0.3 is 0 Å². The molecule has 33 heavy (non-hydrogen) atoms. The number of carbonyl (C=O) groups is 1. The second-order valence-electron chi connectivity index (χ2n) is 8.68. The van der Waals surface area contributed by atoms with Gasteiger partial charge < -0.3 is 35.7 Å². The van der Waals surface area contributed by atoms with Gasteiger partial charge in [-0.2, -0.15) is 9.97 Å². The van der Waals surface area contributed by atoms with Crippen LogP contribution in [0.4, 0.5) is 11.8 Å². The Bertz CT molecular complexity index is 1130. The van der Waals surface area contributed by atoms with Crippen molar-refractivity contribution in [2.75, 3.05) is 17.6 Å². The van der Waals surface area contributed by atoms with E-state index in [0.717, 1.165) is 12.2 Å². The number of fused-ring (bicyclic) bond motifs is 1. The van der Waals surface area contributed by atoms with E-state index in [0.29, 0.717) is 36.5 Å². The van der Waals surface area contributed by atoms with E-state index < -0.39 is 24.3 Å². The summed E-state index contributed by atoms with van der Waals surface area (Å²) in [4.78, 5) is 29.6. The number of nitrogen functional groups attached to an aromatic ring is 1. The van der Waals surface area contributed by atoms with E-state index in [2.05, 4.69) is 37.5 Å². The fourth-order valence-electron chi connectivity index (χ4n) is 4.05. The van der Waals surface area contributed by atoms with Gasteiger partial charge in [0.15, 0.2) is 11.5 Å². The summed E-state index contributed by atoms with van der Waals surface area (Å²) in [6.45, 7) is 7.03. The Labute approximate surface area is 191 Å². The van der Waals surface area contributed by atoms with Gasteiger partial charge in [-0.3, -0.25) is 4.79 Å². The molecular formula is C21H31N9O3. The highest BCUT2D eigenvalue weighted by atomic mass is 16.3. The molecule has 0 spiro atoms. The maximum absolute atomic E-state index is 12.1. The minimum absolute atomic E-state index is 0.177. The molecule has 1 aliphatic rings. The van der Waals surface area contributed by atoms with Crippen molar-refractivity contribution >= 4 is 28.8 Å². The summed E-state index contributed by atoms with van der Waals surface area (Å²) in [6.07, 6.45) is 4.15. The van der Waals surface area contributed by atoms with Crippen LogP contribution < -0.4 is 16.4 Å². The first-order chi connectivity index (χ1) is 15.8. The molecule has 3 aromatic rings. The van der Waals surface area contributed by atoms with Gasteiger partial charge in [-0.1, -0.05) is 13.8 Å². The molecule has 4 atom stereocenters. The van der Waals surface area contributed by atoms with Crippen molar-refractivity contribution in [3.8, 4) is 0 Å². The molecule has 0 aliphatic heterocycles. The lowest BCUT2D eigenvalue weighted by atomic mass is 10.1. The predicted octanol–water partition coefficient (Wildman–Crippen LogP) is 0.0869. The van der Waals surface area contributed by atoms with Crippen molar-refractivity contribution in [2.45, 2.75) is 64.4 Å². The third kappa shape index (κ3) is 4.62. The van der Waals surface area contributed by atoms with Crippen LogP contribution in [0.15, 0.2) is 18.9 Å². The summed E-state index contributed by atoms with van der Waals surface area (Å²) in [6, 6.07) is -1.10. The molecule has 3 aromatic heterocycles. The molecule has 12 heteroatoms. The Kier molecular flexibility index (Phi) is 6.47. The van der Waals surface area contributed by atoms with Crippen LogP contribution in [-0.4, -0.2) is 70.0 Å². The van der Waals surface area contributed by atoms with Crippen molar-refractivity contribution in [3.63, 3.8) is 0 Å². The normalized spacial score (nSPS) is 22.8. The van der Waals surface area contributed by atoms with Gasteiger partial charge in [0.2, 0.25) is 11.9 Å². The van der Waals surface area contributed by atoms with Crippen LogP contribution in [-0.2, 0) is 17.8 Å². The van der Waals surface area contributed by atoms with Crippen molar-refractivity contribution in [3.05, 3.63) is 24.5 Å². The SMILES string of the molecule is CCn1cnc(CCNc2nc(N)c3ncn([C@@H]4CC(NC(=O)C(C)C)[C@@H](O)[C@H]4O)c3n2)c1. The molecule has 1 unspecified atom stereocenters. The number of nitrogens with one attached hydrogen (secondary N) is 2. The Hall–Kier alpha value is -3.25. The van der Waals surface area contributed by atoms with Gasteiger partial charge in [-0.05, 0) is 13.3 Å². The molecule has 6 N–H and O–H groups in total. The number of nitrogens with two attached hydrogens (primary N) is 1. The van der Waals surface area contributed by atoms with Crippen LogP contribution in [0.1, 0.15) is 38.9 Å². The first-order valence-corrected chi connectivity index (χ1v) is 11.2. The molecule has 3 heterocycles. The van der Waals surface area contributed by atoms with Gasteiger partial charge in [-0.25, -0.2) is 9.97 Å². The average molecular weight is 458 g/mol. The number of anilines is 2. The number of imidazole rings is 2. The number of carbonyl (C=O) groups excluding carboxylic acids is 1. The average Bonchev–Trinajstić information content (AvgIpc) is 3.48. The predicted molar refractivity (Wildman–Crippen MR) is 122 cm³/mol. The fraction of sp³-hybridized carbons (Fsp3) is 0.571. The lowest BCUT2D eigenvalue weighted by molar-refractivity contribution is -0.125. The van der Waals surface area contributed by atoms with E-state index in [1.807, 2.05) is 10.8 Å². The maximum Gasteiger partial charge on any atom is 0.226 e. The molecular weight excluding hydrogens is 426 g/mol. The molecule has 0 aromatic carbocycles. The standard InChI is InChI=1S/C21H31N9O3/c1-4-29-8-12(24-9-29)5-6-23-21-27-18(22)15-19(28-21)30(10-25-15)14-7-13(16(31)17(14)32)26-20(33)11(2)3/h8-11,13-14,16-17,31-32H,4-7H2,1-3H3,(H,26,33)(H3,22,23,27,28)/t13?,14-,16-,17+/m1/s1. The van der Waals surface area contributed by atoms with Crippen LogP contribution >= 0.6 is 0 Å². The number of rotatable bonds is 8. The largest absolute Gasteiger partial charge is 0.388 e. The molecule has 1 aliphatic carbocycles. The van der Waals surface area contributed by atoms with Gasteiger partial charge in [0.05, 0.1) is 30.4 Å². The highest BCUT2D eigenvalue weighted by molar-refractivity contribution is 5.83. The Morgan fingerprint density at radius 3 is 2.73 bits per heavy atom. The quantitative estimate of drug-likeness (QED) is 0.314. The van der Waals surface area contributed by atoms with Gasteiger partial charge in [-0.15, -0.1) is 0 Å². The van der Waals surface area contributed by atoms with Gasteiger partial charge in [0.25, 0.3) is 0 Å². The zero-order chi connectivity index (χ0) is 23.7. The zero-order valence-electron chi connectivity index (χ0n) is 19.0. The summed E-state index contributed by atoms with van der Waals surface area (Å²) < 4.78 is 3.70.